The van der Waals surface area contributed by atoms with Crippen molar-refractivity contribution in [2.24, 2.45) is 17.8 Å². The van der Waals surface area contributed by atoms with Gasteiger partial charge in [-0.1, -0.05) is 6.08 Å². The summed E-state index contributed by atoms with van der Waals surface area (Å²) < 4.78 is 2.23. The lowest BCUT2D eigenvalue weighted by Crippen LogP contribution is -2.38. The number of amides is 1. The summed E-state index contributed by atoms with van der Waals surface area (Å²) in [7, 11) is 0. The van der Waals surface area contributed by atoms with Crippen LogP contribution in [0.1, 0.15) is 38.5 Å². The van der Waals surface area contributed by atoms with Gasteiger partial charge < -0.3 is 0 Å². The lowest BCUT2D eigenvalue weighted by atomic mass is 9.85. The molecule has 0 aromatic rings. The monoisotopic (exact) mass is 231 g/mol. The molecule has 4 rings (SSSR count). The van der Waals surface area contributed by atoms with Gasteiger partial charge in [0.1, 0.15) is 5.92 Å². The first-order valence-corrected chi connectivity index (χ1v) is 6.97. The minimum atomic E-state index is 0.286. The van der Waals surface area contributed by atoms with Gasteiger partial charge in [-0.3, -0.25) is 4.79 Å². The van der Waals surface area contributed by atoms with Gasteiger partial charge in [0.25, 0.3) is 5.91 Å². The zero-order chi connectivity index (χ0) is 11.4. The highest BCUT2D eigenvalue weighted by Crippen LogP contribution is 2.51. The fraction of sp³-hybridized carbons (Fsp3) is 0.714. The maximum Gasteiger partial charge on any atom is 0.284 e. The second kappa shape index (κ2) is 3.44. The molecule has 4 aliphatic rings. The number of fused-ring (bicyclic) bond motifs is 5. The molecule has 4 atom stereocenters. The molecule has 3 fully saturated rings. The van der Waals surface area contributed by atoms with Crippen LogP contribution in [0.3, 0.4) is 0 Å². The van der Waals surface area contributed by atoms with E-state index in [1.54, 1.807) is 0 Å². The van der Waals surface area contributed by atoms with E-state index in [1.807, 2.05) is 0 Å². The van der Waals surface area contributed by atoms with Gasteiger partial charge in [0, 0.05) is 18.4 Å². The number of carbonyl (C=O) groups excluding carboxylic acids is 1. The minimum absolute atomic E-state index is 0.286. The van der Waals surface area contributed by atoms with E-state index in [4.69, 9.17) is 0 Å². The smallest absolute Gasteiger partial charge is 0.269 e. The van der Waals surface area contributed by atoms with E-state index in [1.165, 1.54) is 37.8 Å². The van der Waals surface area contributed by atoms with Crippen LogP contribution in [0.5, 0.6) is 0 Å². The van der Waals surface area contributed by atoms with Crippen LogP contribution < -0.4 is 5.43 Å². The normalized spacial score (nSPS) is 47.4. The van der Waals surface area contributed by atoms with Crippen molar-refractivity contribution in [2.45, 2.75) is 44.6 Å². The molecule has 2 bridgehead atoms. The molecule has 0 radical (unpaired) electrons. The topological polar surface area (TPSA) is 32.1 Å². The number of allylic oxidation sites excluding steroid dienone is 2. The molecular formula is C14H19N2O+. The standard InChI is InChI=1S/C14H18N2O/c17-14-12-9-6-7-10(8-9)13(12)16(15-14)11-4-2-1-3-5-11/h2,4,9-10,12-13H,1,3,5-8H2/p+1/b16-11-/t9-,10+,12+,13-/m1/s1. The van der Waals surface area contributed by atoms with E-state index in [0.717, 1.165) is 12.3 Å². The highest BCUT2D eigenvalue weighted by molar-refractivity contribution is 5.93. The Balaban J connectivity index is 1.76. The second-order valence-corrected chi connectivity index (χ2v) is 5.98. The van der Waals surface area contributed by atoms with E-state index in [9.17, 15) is 4.79 Å². The molecule has 0 unspecified atom stereocenters. The van der Waals surface area contributed by atoms with Gasteiger partial charge in [0.2, 0.25) is 5.71 Å². The van der Waals surface area contributed by atoms with Crippen molar-refractivity contribution in [1.29, 1.82) is 0 Å². The molecule has 17 heavy (non-hydrogen) atoms. The Morgan fingerprint density at radius 1 is 1.29 bits per heavy atom. The Morgan fingerprint density at radius 2 is 2.18 bits per heavy atom. The minimum Gasteiger partial charge on any atom is -0.269 e. The number of rotatable bonds is 0. The highest BCUT2D eigenvalue weighted by Gasteiger charge is 2.62. The van der Waals surface area contributed by atoms with E-state index < -0.39 is 0 Å². The molecule has 3 aliphatic carbocycles. The van der Waals surface area contributed by atoms with Gasteiger partial charge in [0.15, 0.2) is 6.04 Å². The molecule has 1 heterocycles. The Morgan fingerprint density at radius 3 is 3.00 bits per heavy atom. The van der Waals surface area contributed by atoms with Gasteiger partial charge in [0.05, 0.1) is 0 Å². The van der Waals surface area contributed by atoms with Crippen molar-refractivity contribution in [1.82, 2.24) is 5.43 Å². The first-order valence-electron chi connectivity index (χ1n) is 6.97. The number of hydrazine groups is 1. The van der Waals surface area contributed by atoms with Crippen LogP contribution in [0, 0.1) is 17.8 Å². The molecule has 0 spiro atoms. The van der Waals surface area contributed by atoms with Crippen LogP contribution >= 0.6 is 0 Å². The average molecular weight is 231 g/mol. The maximum absolute atomic E-state index is 12.1. The van der Waals surface area contributed by atoms with E-state index in [0.29, 0.717) is 12.0 Å². The second-order valence-electron chi connectivity index (χ2n) is 5.98. The van der Waals surface area contributed by atoms with Gasteiger partial charge in [-0.05, 0) is 38.0 Å². The number of nitrogens with zero attached hydrogens (tertiary/aromatic N) is 1. The third-order valence-electron chi connectivity index (χ3n) is 5.13. The molecule has 1 saturated heterocycles. The summed E-state index contributed by atoms with van der Waals surface area (Å²) in [5, 5.41) is 0. The van der Waals surface area contributed by atoms with Gasteiger partial charge >= 0.3 is 0 Å². The van der Waals surface area contributed by atoms with Crippen LogP contribution in [-0.4, -0.2) is 22.3 Å². The molecule has 1 amide bonds. The maximum atomic E-state index is 12.1. The summed E-state index contributed by atoms with van der Waals surface area (Å²) in [6.07, 6.45) is 11.9. The first-order chi connectivity index (χ1) is 8.34. The molecule has 90 valence electrons. The van der Waals surface area contributed by atoms with E-state index in [-0.39, 0.29) is 11.8 Å². The third-order valence-corrected chi connectivity index (χ3v) is 5.13. The van der Waals surface area contributed by atoms with Crippen LogP contribution in [0.4, 0.5) is 0 Å². The predicted molar refractivity (Wildman–Crippen MR) is 64.5 cm³/mol. The lowest BCUT2D eigenvalue weighted by molar-refractivity contribution is -0.603. The fourth-order valence-electron chi connectivity index (χ4n) is 4.44. The average Bonchev–Trinajstić information content (AvgIpc) is 3.03. The van der Waals surface area contributed by atoms with Crippen molar-refractivity contribution in [2.75, 3.05) is 0 Å². The number of nitrogens with one attached hydrogen (secondary N) is 1. The summed E-state index contributed by atoms with van der Waals surface area (Å²) in [6, 6.07) is 0.471. The van der Waals surface area contributed by atoms with Crippen LogP contribution in [0.25, 0.3) is 0 Å². The van der Waals surface area contributed by atoms with Crippen molar-refractivity contribution in [3.05, 3.63) is 12.2 Å². The lowest BCUT2D eigenvalue weighted by Gasteiger charge is -2.18. The Bertz CT molecular complexity index is 438. The number of hydrogen-bond acceptors (Lipinski definition) is 1. The first kappa shape index (κ1) is 9.86. The largest absolute Gasteiger partial charge is 0.284 e. The van der Waals surface area contributed by atoms with Crippen molar-refractivity contribution in [3.8, 4) is 0 Å². The molecule has 0 aromatic heterocycles. The summed E-state index contributed by atoms with van der Waals surface area (Å²) in [6.45, 7) is 0. The Hall–Kier alpha value is -1.12. The highest BCUT2D eigenvalue weighted by atomic mass is 16.2. The summed E-state index contributed by atoms with van der Waals surface area (Å²) in [5.74, 6) is 2.00. The molecule has 0 aromatic carbocycles. The molecule has 3 heteroatoms. The summed E-state index contributed by atoms with van der Waals surface area (Å²) in [4.78, 5) is 12.1. The molecule has 1 aliphatic heterocycles. The zero-order valence-corrected chi connectivity index (χ0v) is 10.1. The molecule has 1 N–H and O–H groups in total. The number of carbonyl (C=O) groups is 1. The van der Waals surface area contributed by atoms with Crippen molar-refractivity contribution < 1.29 is 9.48 Å². The SMILES string of the molecule is O=C1N/[N+](=C2/C=CCCC2)[C@@H]2[C@H]3CC[C@H](C3)[C@H]12. The quantitative estimate of drug-likeness (QED) is 0.631. The van der Waals surface area contributed by atoms with Gasteiger partial charge in [-0.25, -0.2) is 0 Å². The van der Waals surface area contributed by atoms with Gasteiger partial charge in [-0.2, -0.15) is 0 Å². The molecule has 2 saturated carbocycles. The third kappa shape index (κ3) is 1.28. The zero-order valence-electron chi connectivity index (χ0n) is 10.1. The van der Waals surface area contributed by atoms with Crippen LogP contribution in [-0.2, 0) is 4.79 Å². The number of hydrazone groups is 1. The predicted octanol–water partition coefficient (Wildman–Crippen LogP) is 1.64. The van der Waals surface area contributed by atoms with Crippen molar-refractivity contribution >= 4 is 11.6 Å². The molecular weight excluding hydrogens is 212 g/mol. The Kier molecular flexibility index (Phi) is 1.99. The van der Waals surface area contributed by atoms with Gasteiger partial charge in [-0.15, -0.1) is 10.1 Å². The fourth-order valence-corrected chi connectivity index (χ4v) is 4.44. The Labute approximate surface area is 102 Å². The van der Waals surface area contributed by atoms with Crippen molar-refractivity contribution in [3.63, 3.8) is 0 Å². The summed E-state index contributed by atoms with van der Waals surface area (Å²) in [5.41, 5.74) is 4.47. The summed E-state index contributed by atoms with van der Waals surface area (Å²) >= 11 is 0. The van der Waals surface area contributed by atoms with E-state index >= 15 is 0 Å². The van der Waals surface area contributed by atoms with E-state index in [2.05, 4.69) is 22.3 Å². The molecule has 3 nitrogen and oxygen atoms in total. The van der Waals surface area contributed by atoms with Crippen LogP contribution in [0.15, 0.2) is 12.2 Å². The van der Waals surface area contributed by atoms with Crippen LogP contribution in [0.2, 0.25) is 0 Å². The number of hydrogen-bond donors (Lipinski definition) is 1.